The van der Waals surface area contributed by atoms with Crippen LogP contribution >= 0.6 is 0 Å². The molecule has 0 heterocycles. The van der Waals surface area contributed by atoms with Gasteiger partial charge in [-0.2, -0.15) is 5.26 Å². The molecule has 0 bridgehead atoms. The van der Waals surface area contributed by atoms with Gasteiger partial charge in [0.15, 0.2) is 0 Å². The van der Waals surface area contributed by atoms with Crippen LogP contribution in [0.5, 0.6) is 0 Å². The fraction of sp³-hybridized carbons (Fsp3) is 0.462. The van der Waals surface area contributed by atoms with E-state index in [1.54, 1.807) is 13.2 Å². The standard InChI is InChI=1S/C13H17N3O/c1-17-8-7-16(11-5-6-11)12-4-2-3-10(9-14)13(12)15/h2-4,11H,5-8,15H2,1H3. The molecule has 0 saturated heterocycles. The fourth-order valence-electron chi connectivity index (χ4n) is 1.98. The van der Waals surface area contributed by atoms with Crippen LogP contribution < -0.4 is 10.6 Å². The van der Waals surface area contributed by atoms with Crippen LogP contribution in [0.3, 0.4) is 0 Å². The second-order valence-corrected chi connectivity index (χ2v) is 4.27. The lowest BCUT2D eigenvalue weighted by Crippen LogP contribution is -2.30. The number of rotatable bonds is 5. The van der Waals surface area contributed by atoms with Gasteiger partial charge < -0.3 is 15.4 Å². The first-order valence-corrected chi connectivity index (χ1v) is 5.82. The molecule has 90 valence electrons. The van der Waals surface area contributed by atoms with Crippen molar-refractivity contribution in [2.45, 2.75) is 18.9 Å². The van der Waals surface area contributed by atoms with Crippen LogP contribution in [-0.4, -0.2) is 26.3 Å². The molecule has 17 heavy (non-hydrogen) atoms. The molecule has 0 spiro atoms. The van der Waals surface area contributed by atoms with Crippen molar-refractivity contribution in [2.24, 2.45) is 0 Å². The van der Waals surface area contributed by atoms with Crippen molar-refractivity contribution in [1.82, 2.24) is 0 Å². The molecule has 1 aliphatic carbocycles. The third kappa shape index (κ3) is 2.51. The second-order valence-electron chi connectivity index (χ2n) is 4.27. The summed E-state index contributed by atoms with van der Waals surface area (Å²) in [6.07, 6.45) is 2.39. The molecule has 4 heteroatoms. The van der Waals surface area contributed by atoms with Gasteiger partial charge in [-0.3, -0.25) is 0 Å². The van der Waals surface area contributed by atoms with Gasteiger partial charge in [0.25, 0.3) is 0 Å². The number of anilines is 2. The lowest BCUT2D eigenvalue weighted by Gasteiger charge is -2.26. The van der Waals surface area contributed by atoms with Crippen molar-refractivity contribution in [2.75, 3.05) is 30.9 Å². The Hall–Kier alpha value is -1.73. The molecule has 0 radical (unpaired) electrons. The SMILES string of the molecule is COCCN(c1cccc(C#N)c1N)C1CC1. The molecule has 0 unspecified atom stereocenters. The number of para-hydroxylation sites is 1. The van der Waals surface area contributed by atoms with E-state index >= 15 is 0 Å². The molecule has 2 N–H and O–H groups in total. The summed E-state index contributed by atoms with van der Waals surface area (Å²) < 4.78 is 5.12. The van der Waals surface area contributed by atoms with E-state index in [9.17, 15) is 0 Å². The number of nitriles is 1. The zero-order valence-electron chi connectivity index (χ0n) is 10.0. The summed E-state index contributed by atoms with van der Waals surface area (Å²) in [5.74, 6) is 0. The van der Waals surface area contributed by atoms with Crippen LogP contribution in [0.1, 0.15) is 18.4 Å². The maximum atomic E-state index is 8.98. The molecule has 0 atom stereocenters. The first-order valence-electron chi connectivity index (χ1n) is 5.82. The maximum Gasteiger partial charge on any atom is 0.101 e. The summed E-state index contributed by atoms with van der Waals surface area (Å²) in [5.41, 5.74) is 8.12. The minimum atomic E-state index is 0.547. The summed E-state index contributed by atoms with van der Waals surface area (Å²) >= 11 is 0. The van der Waals surface area contributed by atoms with E-state index in [0.29, 0.717) is 23.9 Å². The van der Waals surface area contributed by atoms with Crippen LogP contribution in [0, 0.1) is 11.3 Å². The molecule has 0 aromatic heterocycles. The lowest BCUT2D eigenvalue weighted by atomic mass is 10.1. The number of nitrogens with two attached hydrogens (primary N) is 1. The highest BCUT2D eigenvalue weighted by Crippen LogP contribution is 2.35. The Balaban J connectivity index is 2.26. The first-order chi connectivity index (χ1) is 8.27. The van der Waals surface area contributed by atoms with Crippen molar-refractivity contribution in [3.05, 3.63) is 23.8 Å². The van der Waals surface area contributed by atoms with Gasteiger partial charge in [0.05, 0.1) is 23.5 Å². The first kappa shape index (κ1) is 11.7. The van der Waals surface area contributed by atoms with Gasteiger partial charge in [-0.1, -0.05) is 6.07 Å². The Bertz CT molecular complexity index is 435. The number of nitrogen functional groups attached to an aromatic ring is 1. The number of hydrogen-bond acceptors (Lipinski definition) is 4. The summed E-state index contributed by atoms with van der Waals surface area (Å²) in [6, 6.07) is 8.29. The van der Waals surface area contributed by atoms with Crippen molar-refractivity contribution >= 4 is 11.4 Å². The largest absolute Gasteiger partial charge is 0.396 e. The average molecular weight is 231 g/mol. The summed E-state index contributed by atoms with van der Waals surface area (Å²) in [5, 5.41) is 8.98. The van der Waals surface area contributed by atoms with Crippen LogP contribution in [0.25, 0.3) is 0 Å². The molecule has 1 aromatic rings. The fourth-order valence-corrected chi connectivity index (χ4v) is 1.98. The van der Waals surface area contributed by atoms with Gasteiger partial charge in [-0.25, -0.2) is 0 Å². The van der Waals surface area contributed by atoms with Gasteiger partial charge in [0.1, 0.15) is 6.07 Å². The van der Waals surface area contributed by atoms with E-state index in [-0.39, 0.29) is 0 Å². The highest BCUT2D eigenvalue weighted by molar-refractivity contribution is 5.74. The Morgan fingerprint density at radius 1 is 1.53 bits per heavy atom. The van der Waals surface area contributed by atoms with E-state index in [1.807, 2.05) is 12.1 Å². The van der Waals surface area contributed by atoms with Crippen molar-refractivity contribution < 1.29 is 4.74 Å². The Labute approximate surface area is 102 Å². The molecule has 1 saturated carbocycles. The zero-order chi connectivity index (χ0) is 12.3. The van der Waals surface area contributed by atoms with E-state index in [4.69, 9.17) is 15.7 Å². The zero-order valence-corrected chi connectivity index (χ0v) is 10.0. The van der Waals surface area contributed by atoms with E-state index in [2.05, 4.69) is 11.0 Å². The number of hydrogen-bond donors (Lipinski definition) is 1. The smallest absolute Gasteiger partial charge is 0.101 e. The monoisotopic (exact) mass is 231 g/mol. The predicted molar refractivity (Wildman–Crippen MR) is 67.8 cm³/mol. The van der Waals surface area contributed by atoms with Gasteiger partial charge in [0.2, 0.25) is 0 Å². The van der Waals surface area contributed by atoms with Crippen molar-refractivity contribution in [3.63, 3.8) is 0 Å². The highest BCUT2D eigenvalue weighted by atomic mass is 16.5. The predicted octanol–water partition coefficient (Wildman–Crippen LogP) is 1.76. The molecule has 1 aliphatic rings. The third-order valence-electron chi connectivity index (χ3n) is 3.04. The molecule has 0 aliphatic heterocycles. The highest BCUT2D eigenvalue weighted by Gasteiger charge is 2.30. The second kappa shape index (κ2) is 5.07. The van der Waals surface area contributed by atoms with Crippen LogP contribution in [0.2, 0.25) is 0 Å². The number of ether oxygens (including phenoxy) is 1. The van der Waals surface area contributed by atoms with E-state index in [1.165, 1.54) is 12.8 Å². The van der Waals surface area contributed by atoms with Gasteiger partial charge in [-0.05, 0) is 25.0 Å². The molecular weight excluding hydrogens is 214 g/mol. The van der Waals surface area contributed by atoms with Crippen LogP contribution in [0.15, 0.2) is 18.2 Å². The molecule has 2 rings (SSSR count). The molecule has 0 amide bonds. The molecule has 1 aromatic carbocycles. The molecule has 4 nitrogen and oxygen atoms in total. The van der Waals surface area contributed by atoms with Crippen LogP contribution in [-0.2, 0) is 4.74 Å². The number of benzene rings is 1. The average Bonchev–Trinajstić information content (AvgIpc) is 3.16. The van der Waals surface area contributed by atoms with E-state index < -0.39 is 0 Å². The minimum absolute atomic E-state index is 0.547. The third-order valence-corrected chi connectivity index (χ3v) is 3.04. The van der Waals surface area contributed by atoms with Gasteiger partial charge >= 0.3 is 0 Å². The van der Waals surface area contributed by atoms with E-state index in [0.717, 1.165) is 12.2 Å². The minimum Gasteiger partial charge on any atom is -0.396 e. The van der Waals surface area contributed by atoms with Crippen LogP contribution in [0.4, 0.5) is 11.4 Å². The summed E-state index contributed by atoms with van der Waals surface area (Å²) in [7, 11) is 1.69. The lowest BCUT2D eigenvalue weighted by molar-refractivity contribution is 0.205. The summed E-state index contributed by atoms with van der Waals surface area (Å²) in [4.78, 5) is 2.25. The van der Waals surface area contributed by atoms with Crippen molar-refractivity contribution in [3.8, 4) is 6.07 Å². The topological polar surface area (TPSA) is 62.3 Å². The Morgan fingerprint density at radius 3 is 2.88 bits per heavy atom. The Morgan fingerprint density at radius 2 is 2.29 bits per heavy atom. The summed E-state index contributed by atoms with van der Waals surface area (Å²) in [6.45, 7) is 1.49. The van der Waals surface area contributed by atoms with Gasteiger partial charge in [-0.15, -0.1) is 0 Å². The van der Waals surface area contributed by atoms with Gasteiger partial charge in [0, 0.05) is 19.7 Å². The molecule has 1 fully saturated rings. The maximum absolute atomic E-state index is 8.98. The number of methoxy groups -OCH3 is 1. The number of nitrogens with zero attached hydrogens (tertiary/aromatic N) is 2. The quantitative estimate of drug-likeness (QED) is 0.784. The Kier molecular flexibility index (Phi) is 3.50. The normalized spacial score (nSPS) is 14.4. The van der Waals surface area contributed by atoms with Crippen molar-refractivity contribution in [1.29, 1.82) is 5.26 Å². The molecular formula is C13H17N3O.